The number of fused-ring (bicyclic) bond motifs is 7. The van der Waals surface area contributed by atoms with E-state index in [0.717, 1.165) is 0 Å². The topological polar surface area (TPSA) is 94.6 Å². The molecule has 2 fully saturated rings. The lowest BCUT2D eigenvalue weighted by Crippen LogP contribution is -2.40. The highest BCUT2D eigenvalue weighted by molar-refractivity contribution is 5.36. The van der Waals surface area contributed by atoms with Crippen LogP contribution in [0.2, 0.25) is 0 Å². The van der Waals surface area contributed by atoms with Crippen molar-refractivity contribution in [3.63, 3.8) is 0 Å². The number of nitrogens with one attached hydrogen (secondary N) is 2. The highest BCUT2D eigenvalue weighted by Gasteiger charge is 2.57. The molecule has 1 aromatic heterocycles. The van der Waals surface area contributed by atoms with Crippen LogP contribution in [-0.2, 0) is 14.2 Å². The zero-order valence-corrected chi connectivity index (χ0v) is 11.1. The quantitative estimate of drug-likeness (QED) is 0.658. The Balaban J connectivity index is 1.85. The van der Waals surface area contributed by atoms with E-state index in [0.29, 0.717) is 12.4 Å². The van der Waals surface area contributed by atoms with Crippen molar-refractivity contribution in [3.05, 3.63) is 26.9 Å². The molecule has 0 aromatic carbocycles. The fourth-order valence-electron chi connectivity index (χ4n) is 3.13. The molecule has 4 rings (SSSR count). The normalized spacial score (nSPS) is 36.9. The lowest BCUT2D eigenvalue weighted by Gasteiger charge is -2.23. The summed E-state index contributed by atoms with van der Waals surface area (Å²) in [6.07, 6.45) is -1.41. The van der Waals surface area contributed by atoms with Crippen molar-refractivity contribution in [1.82, 2.24) is 9.55 Å². The summed E-state index contributed by atoms with van der Waals surface area (Å²) in [5.74, 6) is -0.260. The molecule has 20 heavy (non-hydrogen) atoms. The molecule has 2 saturated heterocycles. The van der Waals surface area contributed by atoms with Gasteiger partial charge >= 0.3 is 5.69 Å². The Labute approximate surface area is 113 Å². The van der Waals surface area contributed by atoms with Gasteiger partial charge in [0.15, 0.2) is 12.0 Å². The van der Waals surface area contributed by atoms with Crippen molar-refractivity contribution in [2.75, 3.05) is 11.9 Å². The first kappa shape index (κ1) is 12.1. The van der Waals surface area contributed by atoms with E-state index in [1.165, 1.54) is 10.6 Å². The summed E-state index contributed by atoms with van der Waals surface area (Å²) < 4.78 is 18.9. The van der Waals surface area contributed by atoms with E-state index in [1.54, 1.807) is 0 Å². The summed E-state index contributed by atoms with van der Waals surface area (Å²) in [5, 5.41) is 3.06. The number of rotatable bonds is 0. The third-order valence-electron chi connectivity index (χ3n) is 3.84. The summed E-state index contributed by atoms with van der Waals surface area (Å²) in [5.41, 5.74) is -0.952. The Morgan fingerprint density at radius 1 is 1.30 bits per heavy atom. The van der Waals surface area contributed by atoms with Gasteiger partial charge in [0.25, 0.3) is 5.56 Å². The Kier molecular flexibility index (Phi) is 2.25. The van der Waals surface area contributed by atoms with Gasteiger partial charge in [0.05, 0.1) is 0 Å². The van der Waals surface area contributed by atoms with E-state index in [1.807, 2.05) is 13.8 Å². The predicted molar refractivity (Wildman–Crippen MR) is 67.5 cm³/mol. The van der Waals surface area contributed by atoms with Gasteiger partial charge in [0.2, 0.25) is 0 Å². The number of H-pyrrole nitrogens is 1. The molecule has 8 nitrogen and oxygen atoms in total. The van der Waals surface area contributed by atoms with Gasteiger partial charge in [-0.2, -0.15) is 0 Å². The molecule has 0 amide bonds. The van der Waals surface area contributed by atoms with Gasteiger partial charge in [-0.3, -0.25) is 9.78 Å². The summed E-state index contributed by atoms with van der Waals surface area (Å²) in [6.45, 7) is 4.13. The van der Waals surface area contributed by atoms with Gasteiger partial charge in [-0.1, -0.05) is 0 Å². The molecule has 1 aromatic rings. The molecule has 2 N–H and O–H groups in total. The van der Waals surface area contributed by atoms with Crippen molar-refractivity contribution in [2.45, 2.75) is 44.2 Å². The zero-order valence-electron chi connectivity index (χ0n) is 11.1. The van der Waals surface area contributed by atoms with Crippen LogP contribution in [0.4, 0.5) is 5.82 Å². The molecule has 4 heterocycles. The maximum absolute atomic E-state index is 12.1. The number of aromatic amines is 1. The molecule has 8 heteroatoms. The number of hydrogen-bond donors (Lipinski definition) is 2. The second-order valence-corrected chi connectivity index (χ2v) is 5.70. The smallest absolute Gasteiger partial charge is 0.332 e. The van der Waals surface area contributed by atoms with E-state index in [-0.39, 0.29) is 18.3 Å². The molecule has 108 valence electrons. The van der Waals surface area contributed by atoms with E-state index in [9.17, 15) is 9.59 Å². The molecule has 0 saturated carbocycles. The average molecular weight is 281 g/mol. The van der Waals surface area contributed by atoms with Crippen molar-refractivity contribution >= 4 is 5.82 Å². The number of nitrogens with zero attached hydrogens (tertiary/aromatic N) is 1. The molecular weight excluding hydrogens is 266 g/mol. The van der Waals surface area contributed by atoms with Crippen LogP contribution >= 0.6 is 0 Å². The molecule has 2 bridgehead atoms. The van der Waals surface area contributed by atoms with Crippen LogP contribution in [0, 0.1) is 0 Å². The number of ether oxygens (including phenoxy) is 3. The van der Waals surface area contributed by atoms with Crippen LogP contribution in [0.25, 0.3) is 0 Å². The summed E-state index contributed by atoms with van der Waals surface area (Å²) in [4.78, 5) is 25.7. The highest BCUT2D eigenvalue weighted by atomic mass is 16.8. The van der Waals surface area contributed by atoms with Gasteiger partial charge in [0.1, 0.15) is 24.1 Å². The fraction of sp³-hybridized carbons (Fsp3) is 0.667. The fourth-order valence-corrected chi connectivity index (χ4v) is 3.13. The Morgan fingerprint density at radius 2 is 2.05 bits per heavy atom. The van der Waals surface area contributed by atoms with Crippen molar-refractivity contribution in [3.8, 4) is 0 Å². The SMILES string of the molecule is CC1(C)OC2C(O1)[C@H]1CNc3cc(=O)[nH]c(=O)n3[C@@H]2O1. The Hall–Kier alpha value is -1.64. The van der Waals surface area contributed by atoms with Crippen LogP contribution in [0.15, 0.2) is 15.7 Å². The standard InChI is InChI=1S/C12H15N3O5/c1-12(2)19-8-5-4-13-6-3-7(16)14-11(17)15(6)10(18-5)9(8)20-12/h3,5,8-10,13H,4H2,1-2H3,(H,14,16,17)/t5-,8?,9?,10-/m1/s1. The molecule has 2 unspecified atom stereocenters. The zero-order chi connectivity index (χ0) is 14.1. The van der Waals surface area contributed by atoms with Crippen molar-refractivity contribution in [1.29, 1.82) is 0 Å². The van der Waals surface area contributed by atoms with E-state index in [2.05, 4.69) is 10.3 Å². The second-order valence-electron chi connectivity index (χ2n) is 5.70. The van der Waals surface area contributed by atoms with Crippen LogP contribution in [0.3, 0.4) is 0 Å². The third kappa shape index (κ3) is 1.58. The van der Waals surface area contributed by atoms with Gasteiger partial charge in [-0.05, 0) is 13.8 Å². The maximum atomic E-state index is 12.1. The molecule has 0 spiro atoms. The summed E-state index contributed by atoms with van der Waals surface area (Å²) in [6, 6.07) is 1.35. The minimum Gasteiger partial charge on any atom is -0.368 e. The largest absolute Gasteiger partial charge is 0.368 e. The lowest BCUT2D eigenvalue weighted by molar-refractivity contribution is -0.194. The molecule has 3 aliphatic heterocycles. The molecule has 0 aliphatic carbocycles. The van der Waals surface area contributed by atoms with Crippen molar-refractivity contribution < 1.29 is 14.2 Å². The van der Waals surface area contributed by atoms with Gasteiger partial charge < -0.3 is 19.5 Å². The number of aromatic nitrogens is 2. The number of hydrogen-bond acceptors (Lipinski definition) is 6. The molecule has 0 radical (unpaired) electrons. The maximum Gasteiger partial charge on any atom is 0.332 e. The number of anilines is 1. The lowest BCUT2D eigenvalue weighted by atomic mass is 10.1. The van der Waals surface area contributed by atoms with Crippen LogP contribution in [-0.4, -0.2) is 40.2 Å². The van der Waals surface area contributed by atoms with E-state index in [4.69, 9.17) is 14.2 Å². The second kappa shape index (κ2) is 3.72. The van der Waals surface area contributed by atoms with Crippen LogP contribution < -0.4 is 16.6 Å². The summed E-state index contributed by atoms with van der Waals surface area (Å²) >= 11 is 0. The van der Waals surface area contributed by atoms with Crippen LogP contribution in [0.5, 0.6) is 0 Å². The van der Waals surface area contributed by atoms with Gasteiger partial charge in [0, 0.05) is 12.6 Å². The monoisotopic (exact) mass is 281 g/mol. The van der Waals surface area contributed by atoms with Crippen LogP contribution in [0.1, 0.15) is 20.1 Å². The predicted octanol–water partition coefficient (Wildman–Crippen LogP) is -0.620. The first-order chi connectivity index (χ1) is 9.44. The minimum absolute atomic E-state index is 0.221. The van der Waals surface area contributed by atoms with Crippen molar-refractivity contribution in [2.24, 2.45) is 0 Å². The molecule has 4 atom stereocenters. The molecular formula is C12H15N3O5. The summed E-state index contributed by atoms with van der Waals surface area (Å²) in [7, 11) is 0. The Bertz CT molecular complexity index is 678. The highest BCUT2D eigenvalue weighted by Crippen LogP contribution is 2.44. The minimum atomic E-state index is -0.702. The molecule has 3 aliphatic rings. The van der Waals surface area contributed by atoms with Gasteiger partial charge in [-0.15, -0.1) is 0 Å². The average Bonchev–Trinajstić information content (AvgIpc) is 2.72. The third-order valence-corrected chi connectivity index (χ3v) is 3.84. The van der Waals surface area contributed by atoms with E-state index >= 15 is 0 Å². The first-order valence-electron chi connectivity index (χ1n) is 6.55. The van der Waals surface area contributed by atoms with E-state index < -0.39 is 23.3 Å². The van der Waals surface area contributed by atoms with Gasteiger partial charge in [-0.25, -0.2) is 9.36 Å². The first-order valence-corrected chi connectivity index (χ1v) is 6.55. The Morgan fingerprint density at radius 3 is 2.85 bits per heavy atom.